The third-order valence-electron chi connectivity index (χ3n) is 4.20. The average Bonchev–Trinajstić information content (AvgIpc) is 2.92. The van der Waals surface area contributed by atoms with E-state index in [1.165, 1.54) is 11.8 Å². The summed E-state index contributed by atoms with van der Waals surface area (Å²) in [5, 5.41) is 1.04. The number of hydrogen-bond acceptors (Lipinski definition) is 4. The molecule has 0 aromatic heterocycles. The normalized spacial score (nSPS) is 27.0. The van der Waals surface area contributed by atoms with Crippen LogP contribution in [0, 0.1) is 12.8 Å². The van der Waals surface area contributed by atoms with E-state index in [0.717, 1.165) is 11.3 Å². The maximum absolute atomic E-state index is 12.1. The second-order valence-electron chi connectivity index (χ2n) is 6.49. The van der Waals surface area contributed by atoms with Crippen molar-refractivity contribution in [3.63, 3.8) is 0 Å². The Morgan fingerprint density at radius 3 is 2.75 bits per heavy atom. The van der Waals surface area contributed by atoms with Crippen LogP contribution in [0.5, 0.6) is 0 Å². The van der Waals surface area contributed by atoms with Crippen LogP contribution in [0.3, 0.4) is 0 Å². The number of hydrogen-bond donors (Lipinski definition) is 0. The number of amidine groups is 1. The molecule has 0 N–H and O–H groups in total. The molecule has 1 aromatic rings. The summed E-state index contributed by atoms with van der Waals surface area (Å²) < 4.78 is 24.1. The number of anilines is 1. The van der Waals surface area contributed by atoms with Gasteiger partial charge < -0.3 is 4.90 Å². The van der Waals surface area contributed by atoms with Gasteiger partial charge in [0.1, 0.15) is 0 Å². The number of carbonyl (C=O) groups excluding carboxylic acids is 1. The highest BCUT2D eigenvalue weighted by Gasteiger charge is 2.49. The molecular weight excluding hydrogens is 368 g/mol. The van der Waals surface area contributed by atoms with Crippen molar-refractivity contribution in [3.05, 3.63) is 28.8 Å². The van der Waals surface area contributed by atoms with Crippen molar-refractivity contribution in [2.45, 2.75) is 32.1 Å². The molecule has 2 fully saturated rings. The Bertz CT molecular complexity index is 821. The maximum Gasteiger partial charge on any atom is 0.250 e. The lowest BCUT2D eigenvalue weighted by molar-refractivity contribution is -0.120. The first-order valence-electron chi connectivity index (χ1n) is 7.73. The van der Waals surface area contributed by atoms with Crippen LogP contribution in [0.25, 0.3) is 0 Å². The molecular formula is C16H19ClN2O3S2. The molecule has 24 heavy (non-hydrogen) atoms. The third kappa shape index (κ3) is 3.34. The van der Waals surface area contributed by atoms with E-state index in [1.807, 2.05) is 17.9 Å². The van der Waals surface area contributed by atoms with Gasteiger partial charge in [0.25, 0.3) is 5.91 Å². The Morgan fingerprint density at radius 1 is 1.38 bits per heavy atom. The summed E-state index contributed by atoms with van der Waals surface area (Å²) in [6.07, 6.45) is 0. The highest BCUT2D eigenvalue weighted by Crippen LogP contribution is 2.42. The van der Waals surface area contributed by atoms with Gasteiger partial charge in [-0.15, -0.1) is 0 Å². The summed E-state index contributed by atoms with van der Waals surface area (Å²) in [7, 11) is -3.07. The zero-order valence-electron chi connectivity index (χ0n) is 13.7. The second kappa shape index (κ2) is 6.35. The summed E-state index contributed by atoms with van der Waals surface area (Å²) in [4.78, 5) is 18.3. The highest BCUT2D eigenvalue weighted by molar-refractivity contribution is 8.16. The van der Waals surface area contributed by atoms with Crippen LogP contribution in [0.1, 0.15) is 19.4 Å². The first-order valence-corrected chi connectivity index (χ1v) is 10.8. The Hall–Kier alpha value is -1.05. The number of rotatable bonds is 2. The molecule has 0 bridgehead atoms. The summed E-state index contributed by atoms with van der Waals surface area (Å²) >= 11 is 7.52. The molecule has 2 atom stereocenters. The van der Waals surface area contributed by atoms with Gasteiger partial charge in [0.05, 0.1) is 17.5 Å². The number of nitrogens with zero attached hydrogens (tertiary/aromatic N) is 2. The number of thioether (sulfide) groups is 1. The van der Waals surface area contributed by atoms with Crippen molar-refractivity contribution in [1.82, 2.24) is 0 Å². The van der Waals surface area contributed by atoms with Crippen molar-refractivity contribution in [3.8, 4) is 0 Å². The molecule has 2 heterocycles. The van der Waals surface area contributed by atoms with Gasteiger partial charge in [0, 0.05) is 21.9 Å². The number of halogens is 1. The van der Waals surface area contributed by atoms with Gasteiger partial charge in [0.15, 0.2) is 15.0 Å². The van der Waals surface area contributed by atoms with Gasteiger partial charge in [-0.1, -0.05) is 43.3 Å². The van der Waals surface area contributed by atoms with E-state index < -0.39 is 9.84 Å². The Kier molecular flexibility index (Phi) is 4.70. The lowest BCUT2D eigenvalue weighted by Crippen LogP contribution is -2.38. The molecule has 0 saturated carbocycles. The number of amides is 1. The smallest absolute Gasteiger partial charge is 0.250 e. The summed E-state index contributed by atoms with van der Waals surface area (Å²) in [5.74, 6) is -0.214. The van der Waals surface area contributed by atoms with Crippen molar-refractivity contribution < 1.29 is 13.2 Å². The molecule has 2 saturated heterocycles. The fourth-order valence-corrected chi connectivity index (χ4v) is 6.99. The van der Waals surface area contributed by atoms with E-state index >= 15 is 0 Å². The molecule has 1 aromatic carbocycles. The summed E-state index contributed by atoms with van der Waals surface area (Å²) in [5.41, 5.74) is 1.78. The van der Waals surface area contributed by atoms with Crippen LogP contribution >= 0.6 is 23.4 Å². The third-order valence-corrected chi connectivity index (χ3v) is 7.64. The number of aliphatic imine (C=N–C) groups is 1. The Morgan fingerprint density at radius 2 is 2.08 bits per heavy atom. The van der Waals surface area contributed by atoms with Crippen molar-refractivity contribution in [2.24, 2.45) is 10.9 Å². The quantitative estimate of drug-likeness (QED) is 0.781. The summed E-state index contributed by atoms with van der Waals surface area (Å²) in [6.45, 7) is 5.54. The number of carbonyl (C=O) groups is 1. The number of aryl methyl sites for hydroxylation is 1. The Labute approximate surface area is 151 Å². The van der Waals surface area contributed by atoms with E-state index in [1.54, 1.807) is 26.0 Å². The predicted octanol–water partition coefficient (Wildman–Crippen LogP) is 2.91. The Balaban J connectivity index is 2.08. The topological polar surface area (TPSA) is 66.8 Å². The van der Waals surface area contributed by atoms with E-state index in [0.29, 0.717) is 10.2 Å². The molecule has 0 aliphatic carbocycles. The fourth-order valence-electron chi connectivity index (χ4n) is 2.91. The first kappa shape index (κ1) is 17.8. The zero-order chi connectivity index (χ0) is 17.6. The molecule has 5 nitrogen and oxygen atoms in total. The van der Waals surface area contributed by atoms with Crippen molar-refractivity contribution in [2.75, 3.05) is 16.4 Å². The number of fused-ring (bicyclic) bond motifs is 1. The van der Waals surface area contributed by atoms with E-state index in [9.17, 15) is 13.2 Å². The van der Waals surface area contributed by atoms with Gasteiger partial charge in [-0.05, 0) is 24.6 Å². The van der Waals surface area contributed by atoms with Crippen molar-refractivity contribution >= 4 is 50.0 Å². The molecule has 1 amide bonds. The standard InChI is InChI=1S/C16H19ClN2O3S2/c1-9(2)15(20)18-16-19(12-6-11(17)5-4-10(12)3)13-7-24(21,22)8-14(13)23-16/h4-6,9,13-14H,7-8H2,1-3H3/t13-,14+/m1/s1. The highest BCUT2D eigenvalue weighted by atomic mass is 35.5. The van der Waals surface area contributed by atoms with Gasteiger partial charge in [-0.2, -0.15) is 4.99 Å². The minimum atomic E-state index is -3.07. The van der Waals surface area contributed by atoms with Crippen LogP contribution in [-0.4, -0.2) is 42.3 Å². The molecule has 0 unspecified atom stereocenters. The van der Waals surface area contributed by atoms with Crippen molar-refractivity contribution in [1.29, 1.82) is 0 Å². The fraction of sp³-hybridized carbons (Fsp3) is 0.500. The molecule has 2 aliphatic heterocycles. The molecule has 2 aliphatic rings. The monoisotopic (exact) mass is 386 g/mol. The van der Waals surface area contributed by atoms with E-state index in [4.69, 9.17) is 11.6 Å². The average molecular weight is 387 g/mol. The number of benzene rings is 1. The molecule has 3 rings (SSSR count). The SMILES string of the molecule is Cc1ccc(Cl)cc1N1C(=NC(=O)C(C)C)S[C@H]2CS(=O)(=O)C[C@H]21. The molecule has 0 radical (unpaired) electrons. The predicted molar refractivity (Wildman–Crippen MR) is 99.8 cm³/mol. The maximum atomic E-state index is 12.1. The zero-order valence-corrected chi connectivity index (χ0v) is 16.1. The van der Waals surface area contributed by atoms with E-state index in [-0.39, 0.29) is 34.6 Å². The van der Waals surface area contributed by atoms with Gasteiger partial charge in [-0.3, -0.25) is 4.79 Å². The van der Waals surface area contributed by atoms with Gasteiger partial charge >= 0.3 is 0 Å². The van der Waals surface area contributed by atoms with Gasteiger partial charge in [-0.25, -0.2) is 8.42 Å². The molecule has 8 heteroatoms. The molecule has 130 valence electrons. The first-order chi connectivity index (χ1) is 11.2. The van der Waals surface area contributed by atoms with Gasteiger partial charge in [0.2, 0.25) is 0 Å². The van der Waals surface area contributed by atoms with Crippen LogP contribution in [0.2, 0.25) is 5.02 Å². The van der Waals surface area contributed by atoms with Crippen LogP contribution < -0.4 is 4.90 Å². The van der Waals surface area contributed by atoms with Crippen LogP contribution in [-0.2, 0) is 14.6 Å². The number of sulfone groups is 1. The van der Waals surface area contributed by atoms with Crippen LogP contribution in [0.4, 0.5) is 5.69 Å². The van der Waals surface area contributed by atoms with E-state index in [2.05, 4.69) is 4.99 Å². The largest absolute Gasteiger partial charge is 0.315 e. The summed E-state index contributed by atoms with van der Waals surface area (Å²) in [6, 6.07) is 5.28. The van der Waals surface area contributed by atoms with Crippen LogP contribution in [0.15, 0.2) is 23.2 Å². The lowest BCUT2D eigenvalue weighted by atomic mass is 10.1. The second-order valence-corrected chi connectivity index (χ2v) is 10.3. The minimum Gasteiger partial charge on any atom is -0.315 e. The lowest BCUT2D eigenvalue weighted by Gasteiger charge is -2.26. The minimum absolute atomic E-state index is 0.0749. The molecule has 0 spiro atoms.